The standard InChI is InChI=1S/C10H14N4O/c1-10(2,7-11)3-4-14-9(15)5-8(12)6-13-14/h5-6H,3-4,12H2,1-2H3. The number of rotatable bonds is 3. The zero-order chi connectivity index (χ0) is 11.5. The molecule has 0 bridgehead atoms. The van der Waals surface area contributed by atoms with Crippen molar-refractivity contribution in [2.75, 3.05) is 5.73 Å². The lowest BCUT2D eigenvalue weighted by Gasteiger charge is -2.14. The molecule has 15 heavy (non-hydrogen) atoms. The Bertz CT molecular complexity index is 441. The number of hydrogen-bond acceptors (Lipinski definition) is 4. The van der Waals surface area contributed by atoms with E-state index >= 15 is 0 Å². The average Bonchev–Trinajstić information content (AvgIpc) is 2.16. The third-order valence-corrected chi connectivity index (χ3v) is 2.14. The third kappa shape index (κ3) is 3.09. The predicted octanol–water partition coefficient (Wildman–Crippen LogP) is 0.765. The lowest BCUT2D eigenvalue weighted by Crippen LogP contribution is -2.25. The van der Waals surface area contributed by atoms with E-state index in [1.165, 1.54) is 16.9 Å². The van der Waals surface area contributed by atoms with Gasteiger partial charge < -0.3 is 5.73 Å². The fourth-order valence-electron chi connectivity index (χ4n) is 1.06. The summed E-state index contributed by atoms with van der Waals surface area (Å²) in [5.74, 6) is 0. The number of anilines is 1. The molecule has 80 valence electrons. The predicted molar refractivity (Wildman–Crippen MR) is 56.9 cm³/mol. The number of aromatic nitrogens is 2. The quantitative estimate of drug-likeness (QED) is 0.791. The molecule has 0 aliphatic carbocycles. The highest BCUT2D eigenvalue weighted by Crippen LogP contribution is 2.18. The molecule has 0 radical (unpaired) electrons. The molecule has 1 aromatic heterocycles. The van der Waals surface area contributed by atoms with Gasteiger partial charge in [0.25, 0.3) is 5.56 Å². The Morgan fingerprint density at radius 2 is 2.33 bits per heavy atom. The Hall–Kier alpha value is -1.83. The first-order valence-corrected chi connectivity index (χ1v) is 4.68. The number of nitriles is 1. The molecule has 0 fully saturated rings. The van der Waals surface area contributed by atoms with Gasteiger partial charge >= 0.3 is 0 Å². The van der Waals surface area contributed by atoms with Gasteiger partial charge in [0, 0.05) is 12.6 Å². The molecule has 1 aromatic rings. The molecule has 5 heteroatoms. The van der Waals surface area contributed by atoms with Crippen molar-refractivity contribution in [3.63, 3.8) is 0 Å². The van der Waals surface area contributed by atoms with Crippen molar-refractivity contribution in [3.05, 3.63) is 22.6 Å². The monoisotopic (exact) mass is 206 g/mol. The molecule has 5 nitrogen and oxygen atoms in total. The van der Waals surface area contributed by atoms with Crippen LogP contribution in [0, 0.1) is 16.7 Å². The SMILES string of the molecule is CC(C)(C#N)CCn1ncc(N)cc1=O. The highest BCUT2D eigenvalue weighted by Gasteiger charge is 2.16. The Kier molecular flexibility index (Phi) is 3.10. The van der Waals surface area contributed by atoms with Gasteiger partial charge in [0.05, 0.1) is 23.4 Å². The third-order valence-electron chi connectivity index (χ3n) is 2.14. The molecule has 0 atom stereocenters. The summed E-state index contributed by atoms with van der Waals surface area (Å²) in [6.07, 6.45) is 2.01. The molecular weight excluding hydrogens is 192 g/mol. The molecule has 0 amide bonds. The van der Waals surface area contributed by atoms with Crippen LogP contribution in [0.15, 0.2) is 17.1 Å². The van der Waals surface area contributed by atoms with Crippen LogP contribution in [0.25, 0.3) is 0 Å². The second-order valence-electron chi connectivity index (χ2n) is 4.10. The van der Waals surface area contributed by atoms with Gasteiger partial charge in [-0.05, 0) is 20.3 Å². The summed E-state index contributed by atoms with van der Waals surface area (Å²) in [4.78, 5) is 11.4. The second-order valence-corrected chi connectivity index (χ2v) is 4.10. The van der Waals surface area contributed by atoms with Gasteiger partial charge in [0.15, 0.2) is 0 Å². The average molecular weight is 206 g/mol. The zero-order valence-electron chi connectivity index (χ0n) is 8.90. The molecule has 0 spiro atoms. The van der Waals surface area contributed by atoms with Crippen LogP contribution < -0.4 is 11.3 Å². The van der Waals surface area contributed by atoms with Crippen molar-refractivity contribution >= 4 is 5.69 Å². The maximum atomic E-state index is 11.4. The summed E-state index contributed by atoms with van der Waals surface area (Å²) in [5, 5.41) is 12.7. The minimum atomic E-state index is -0.442. The van der Waals surface area contributed by atoms with Crippen LogP contribution in [0.3, 0.4) is 0 Å². The second kappa shape index (κ2) is 4.13. The van der Waals surface area contributed by atoms with E-state index in [0.717, 1.165) is 0 Å². The van der Waals surface area contributed by atoms with Crippen molar-refractivity contribution in [1.82, 2.24) is 9.78 Å². The Labute approximate surface area is 88.1 Å². The molecule has 0 saturated heterocycles. The van der Waals surface area contributed by atoms with Gasteiger partial charge in [-0.2, -0.15) is 10.4 Å². The molecule has 0 aromatic carbocycles. The van der Waals surface area contributed by atoms with Crippen LogP contribution in [0.1, 0.15) is 20.3 Å². The summed E-state index contributed by atoms with van der Waals surface area (Å²) < 4.78 is 1.31. The van der Waals surface area contributed by atoms with E-state index in [1.54, 1.807) is 0 Å². The number of hydrogen-bond donors (Lipinski definition) is 1. The fourth-order valence-corrected chi connectivity index (χ4v) is 1.06. The van der Waals surface area contributed by atoms with E-state index in [1.807, 2.05) is 13.8 Å². The minimum absolute atomic E-state index is 0.233. The van der Waals surface area contributed by atoms with Crippen molar-refractivity contribution in [3.8, 4) is 6.07 Å². The Morgan fingerprint density at radius 3 is 2.87 bits per heavy atom. The van der Waals surface area contributed by atoms with Crippen molar-refractivity contribution in [2.24, 2.45) is 5.41 Å². The molecule has 1 heterocycles. The van der Waals surface area contributed by atoms with Gasteiger partial charge in [0.1, 0.15) is 0 Å². The summed E-state index contributed by atoms with van der Waals surface area (Å²) in [5.41, 5.74) is 5.09. The Balaban J connectivity index is 2.76. The van der Waals surface area contributed by atoms with Crippen LogP contribution in [-0.4, -0.2) is 9.78 Å². The van der Waals surface area contributed by atoms with E-state index < -0.39 is 5.41 Å². The minimum Gasteiger partial charge on any atom is -0.397 e. The number of nitrogen functional groups attached to an aromatic ring is 1. The number of aryl methyl sites for hydroxylation is 1. The molecule has 0 aliphatic rings. The molecule has 2 N–H and O–H groups in total. The van der Waals surface area contributed by atoms with Gasteiger partial charge in [-0.1, -0.05) is 0 Å². The largest absolute Gasteiger partial charge is 0.397 e. The van der Waals surface area contributed by atoms with E-state index in [-0.39, 0.29) is 5.56 Å². The summed E-state index contributed by atoms with van der Waals surface area (Å²) in [7, 11) is 0. The first-order chi connectivity index (χ1) is 6.94. The highest BCUT2D eigenvalue weighted by molar-refractivity contribution is 5.31. The first kappa shape index (κ1) is 11.2. The molecule has 1 rings (SSSR count). The molecule has 0 aliphatic heterocycles. The molecule has 0 unspecified atom stereocenters. The van der Waals surface area contributed by atoms with Crippen LogP contribution in [-0.2, 0) is 6.54 Å². The highest BCUT2D eigenvalue weighted by atomic mass is 16.1. The normalized spacial score (nSPS) is 11.0. The summed E-state index contributed by atoms with van der Waals surface area (Å²) >= 11 is 0. The van der Waals surface area contributed by atoms with Gasteiger partial charge in [-0.25, -0.2) is 4.68 Å². The van der Waals surface area contributed by atoms with Crippen LogP contribution in [0.2, 0.25) is 0 Å². The summed E-state index contributed by atoms with van der Waals surface area (Å²) in [6, 6.07) is 3.50. The van der Waals surface area contributed by atoms with Gasteiger partial charge in [-0.3, -0.25) is 4.79 Å². The topological polar surface area (TPSA) is 84.7 Å². The van der Waals surface area contributed by atoms with Gasteiger partial charge in [0.2, 0.25) is 0 Å². The lowest BCUT2D eigenvalue weighted by molar-refractivity contribution is 0.391. The van der Waals surface area contributed by atoms with Crippen molar-refractivity contribution in [1.29, 1.82) is 5.26 Å². The smallest absolute Gasteiger partial charge is 0.268 e. The van der Waals surface area contributed by atoms with Crippen LogP contribution in [0.4, 0.5) is 5.69 Å². The molecular formula is C10H14N4O. The van der Waals surface area contributed by atoms with Gasteiger partial charge in [-0.15, -0.1) is 0 Å². The van der Waals surface area contributed by atoms with E-state index in [0.29, 0.717) is 18.7 Å². The fraction of sp³-hybridized carbons (Fsp3) is 0.500. The van der Waals surface area contributed by atoms with Crippen LogP contribution >= 0.6 is 0 Å². The zero-order valence-corrected chi connectivity index (χ0v) is 8.90. The Morgan fingerprint density at radius 1 is 1.67 bits per heavy atom. The lowest BCUT2D eigenvalue weighted by atomic mass is 9.92. The maximum Gasteiger partial charge on any atom is 0.268 e. The maximum absolute atomic E-state index is 11.4. The van der Waals surface area contributed by atoms with E-state index in [9.17, 15) is 4.79 Å². The molecule has 0 saturated carbocycles. The van der Waals surface area contributed by atoms with Crippen molar-refractivity contribution < 1.29 is 0 Å². The van der Waals surface area contributed by atoms with Crippen molar-refractivity contribution in [2.45, 2.75) is 26.8 Å². The van der Waals surface area contributed by atoms with Crippen LogP contribution in [0.5, 0.6) is 0 Å². The van der Waals surface area contributed by atoms with E-state index in [4.69, 9.17) is 11.0 Å². The summed E-state index contributed by atoms with van der Waals surface area (Å²) in [6.45, 7) is 4.09. The number of nitrogens with zero attached hydrogens (tertiary/aromatic N) is 3. The first-order valence-electron chi connectivity index (χ1n) is 4.68. The number of nitrogens with two attached hydrogens (primary N) is 1. The van der Waals surface area contributed by atoms with E-state index in [2.05, 4.69) is 11.2 Å².